The summed E-state index contributed by atoms with van der Waals surface area (Å²) in [6, 6.07) is 20.1. The number of hydrogen-bond acceptors (Lipinski definition) is 5. The van der Waals surface area contributed by atoms with Gasteiger partial charge in [-0.2, -0.15) is 4.98 Å². The van der Waals surface area contributed by atoms with Crippen molar-refractivity contribution >= 4 is 5.91 Å². The van der Waals surface area contributed by atoms with Gasteiger partial charge in [-0.1, -0.05) is 79.7 Å². The standard InChI is InChI=1S/C23H28N4O2/c1-3-27(4-2)20(18-11-7-5-8-12-18)17-24-21(28)15-16-22-25-23(26-29-22)19-13-9-6-10-14-19/h5-14,20H,3-4,15-17H2,1-2H3,(H,24,28)/t20-/m1/s1. The van der Waals surface area contributed by atoms with E-state index in [9.17, 15) is 4.79 Å². The molecule has 3 aromatic rings. The molecule has 2 aromatic carbocycles. The van der Waals surface area contributed by atoms with Crippen molar-refractivity contribution in [3.8, 4) is 11.4 Å². The summed E-state index contributed by atoms with van der Waals surface area (Å²) in [7, 11) is 0. The second-order valence-corrected chi connectivity index (χ2v) is 6.83. The van der Waals surface area contributed by atoms with E-state index in [1.165, 1.54) is 5.56 Å². The van der Waals surface area contributed by atoms with E-state index in [1.54, 1.807) is 0 Å². The van der Waals surface area contributed by atoms with E-state index >= 15 is 0 Å². The Labute approximate surface area is 171 Å². The van der Waals surface area contributed by atoms with Gasteiger partial charge in [0.25, 0.3) is 0 Å². The molecule has 0 radical (unpaired) electrons. The number of aromatic nitrogens is 2. The summed E-state index contributed by atoms with van der Waals surface area (Å²) >= 11 is 0. The van der Waals surface area contributed by atoms with Gasteiger partial charge >= 0.3 is 0 Å². The number of rotatable bonds is 10. The van der Waals surface area contributed by atoms with Crippen LogP contribution in [0, 0.1) is 0 Å². The van der Waals surface area contributed by atoms with Gasteiger partial charge in [-0.15, -0.1) is 0 Å². The normalized spacial score (nSPS) is 12.1. The summed E-state index contributed by atoms with van der Waals surface area (Å²) in [5, 5.41) is 7.07. The molecule has 1 aromatic heterocycles. The van der Waals surface area contributed by atoms with Crippen molar-refractivity contribution in [1.82, 2.24) is 20.4 Å². The Hall–Kier alpha value is -2.99. The van der Waals surface area contributed by atoms with E-state index in [4.69, 9.17) is 4.52 Å². The van der Waals surface area contributed by atoms with Gasteiger partial charge in [0.1, 0.15) is 0 Å². The molecule has 1 atom stereocenters. The van der Waals surface area contributed by atoms with Crippen LogP contribution in [-0.2, 0) is 11.2 Å². The third kappa shape index (κ3) is 5.74. The van der Waals surface area contributed by atoms with Crippen molar-refractivity contribution in [2.24, 2.45) is 0 Å². The summed E-state index contributed by atoms with van der Waals surface area (Å²) < 4.78 is 5.29. The van der Waals surface area contributed by atoms with E-state index in [1.807, 2.05) is 48.5 Å². The molecular formula is C23H28N4O2. The predicted molar refractivity (Wildman–Crippen MR) is 113 cm³/mol. The Morgan fingerprint density at radius 3 is 2.34 bits per heavy atom. The van der Waals surface area contributed by atoms with Crippen LogP contribution >= 0.6 is 0 Å². The first kappa shape index (κ1) is 20.7. The topological polar surface area (TPSA) is 71.3 Å². The predicted octanol–water partition coefficient (Wildman–Crippen LogP) is 3.87. The van der Waals surface area contributed by atoms with Gasteiger partial charge in [0.05, 0.1) is 6.04 Å². The fraction of sp³-hybridized carbons (Fsp3) is 0.348. The molecule has 0 saturated carbocycles. The van der Waals surface area contributed by atoms with Crippen molar-refractivity contribution in [1.29, 1.82) is 0 Å². The van der Waals surface area contributed by atoms with Gasteiger partial charge in [-0.3, -0.25) is 9.69 Å². The van der Waals surface area contributed by atoms with E-state index in [0.717, 1.165) is 18.7 Å². The van der Waals surface area contributed by atoms with Gasteiger partial charge in [0, 0.05) is 24.9 Å². The molecule has 0 unspecified atom stereocenters. The summed E-state index contributed by atoms with van der Waals surface area (Å²) in [6.07, 6.45) is 0.739. The minimum Gasteiger partial charge on any atom is -0.354 e. The Balaban J connectivity index is 1.54. The summed E-state index contributed by atoms with van der Waals surface area (Å²) in [5.74, 6) is 1.01. The maximum atomic E-state index is 12.4. The monoisotopic (exact) mass is 392 g/mol. The number of benzene rings is 2. The van der Waals surface area contributed by atoms with E-state index < -0.39 is 0 Å². The number of nitrogens with zero attached hydrogens (tertiary/aromatic N) is 3. The molecule has 0 saturated heterocycles. The highest BCUT2D eigenvalue weighted by molar-refractivity contribution is 5.76. The molecule has 1 heterocycles. The molecule has 0 aliphatic carbocycles. The quantitative estimate of drug-likeness (QED) is 0.567. The van der Waals surface area contributed by atoms with E-state index in [-0.39, 0.29) is 11.9 Å². The lowest BCUT2D eigenvalue weighted by Crippen LogP contribution is -2.38. The molecule has 29 heavy (non-hydrogen) atoms. The number of carbonyl (C=O) groups is 1. The van der Waals surface area contributed by atoms with E-state index in [2.05, 4.69) is 46.3 Å². The highest BCUT2D eigenvalue weighted by Gasteiger charge is 2.19. The highest BCUT2D eigenvalue weighted by atomic mass is 16.5. The van der Waals surface area contributed by atoms with Crippen LogP contribution in [0.2, 0.25) is 0 Å². The molecule has 6 heteroatoms. The zero-order chi connectivity index (χ0) is 20.5. The molecule has 0 fully saturated rings. The molecule has 0 aliphatic rings. The second-order valence-electron chi connectivity index (χ2n) is 6.83. The van der Waals surface area contributed by atoms with Gasteiger partial charge in [-0.05, 0) is 18.7 Å². The first-order chi connectivity index (χ1) is 14.2. The lowest BCUT2D eigenvalue weighted by atomic mass is 10.0. The van der Waals surface area contributed by atoms with Crippen molar-refractivity contribution in [2.45, 2.75) is 32.7 Å². The van der Waals surface area contributed by atoms with Gasteiger partial charge in [-0.25, -0.2) is 0 Å². The second kappa shape index (κ2) is 10.5. The first-order valence-corrected chi connectivity index (χ1v) is 10.1. The van der Waals surface area contributed by atoms with Gasteiger partial charge < -0.3 is 9.84 Å². The largest absolute Gasteiger partial charge is 0.354 e. The lowest BCUT2D eigenvalue weighted by molar-refractivity contribution is -0.121. The van der Waals surface area contributed by atoms with Gasteiger partial charge in [0.2, 0.25) is 17.6 Å². The van der Waals surface area contributed by atoms with Crippen molar-refractivity contribution in [2.75, 3.05) is 19.6 Å². The number of nitrogens with one attached hydrogen (secondary N) is 1. The van der Waals surface area contributed by atoms with E-state index in [0.29, 0.717) is 31.1 Å². The average molecular weight is 393 g/mol. The van der Waals surface area contributed by atoms with Crippen LogP contribution in [-0.4, -0.2) is 40.6 Å². The summed E-state index contributed by atoms with van der Waals surface area (Å²) in [5.41, 5.74) is 2.11. The number of aryl methyl sites for hydroxylation is 1. The number of hydrogen-bond donors (Lipinski definition) is 1. The number of likely N-dealkylation sites (N-methyl/N-ethyl adjacent to an activating group) is 1. The minimum absolute atomic E-state index is 0.0162. The molecule has 1 N–H and O–H groups in total. The van der Waals surface area contributed by atoms with Crippen LogP contribution in [0.5, 0.6) is 0 Å². The maximum Gasteiger partial charge on any atom is 0.227 e. The van der Waals surface area contributed by atoms with Crippen LogP contribution in [0.15, 0.2) is 65.2 Å². The number of carbonyl (C=O) groups excluding carboxylic acids is 1. The zero-order valence-corrected chi connectivity index (χ0v) is 17.0. The fourth-order valence-corrected chi connectivity index (χ4v) is 3.38. The molecule has 6 nitrogen and oxygen atoms in total. The number of amides is 1. The smallest absolute Gasteiger partial charge is 0.227 e. The van der Waals surface area contributed by atoms with Crippen molar-refractivity contribution in [3.63, 3.8) is 0 Å². The molecule has 3 rings (SSSR count). The Bertz CT molecular complexity index is 876. The Morgan fingerprint density at radius 1 is 1.03 bits per heavy atom. The van der Waals surface area contributed by atoms with Crippen molar-refractivity contribution in [3.05, 3.63) is 72.1 Å². The van der Waals surface area contributed by atoms with Crippen molar-refractivity contribution < 1.29 is 9.32 Å². The first-order valence-electron chi connectivity index (χ1n) is 10.1. The van der Waals surface area contributed by atoms with Gasteiger partial charge in [0.15, 0.2) is 0 Å². The molecule has 152 valence electrons. The van der Waals surface area contributed by atoms with Crippen LogP contribution in [0.4, 0.5) is 0 Å². The lowest BCUT2D eigenvalue weighted by Gasteiger charge is -2.30. The van der Waals surface area contributed by atoms with Crippen LogP contribution in [0.1, 0.15) is 37.8 Å². The summed E-state index contributed by atoms with van der Waals surface area (Å²) in [4.78, 5) is 19.1. The Kier molecular flexibility index (Phi) is 7.53. The zero-order valence-electron chi connectivity index (χ0n) is 17.0. The molecule has 0 spiro atoms. The van der Waals surface area contributed by atoms with Crippen LogP contribution in [0.25, 0.3) is 11.4 Å². The average Bonchev–Trinajstić information content (AvgIpc) is 3.25. The maximum absolute atomic E-state index is 12.4. The molecule has 0 aliphatic heterocycles. The molecule has 0 bridgehead atoms. The highest BCUT2D eigenvalue weighted by Crippen LogP contribution is 2.19. The molecule has 1 amide bonds. The SMILES string of the molecule is CCN(CC)[C@H](CNC(=O)CCc1nc(-c2ccccc2)no1)c1ccccc1. The molecular weight excluding hydrogens is 364 g/mol. The minimum atomic E-state index is -0.0162. The third-order valence-corrected chi connectivity index (χ3v) is 5.00. The fourth-order valence-electron chi connectivity index (χ4n) is 3.38. The van der Waals surface area contributed by atoms with Crippen LogP contribution < -0.4 is 5.32 Å². The third-order valence-electron chi connectivity index (χ3n) is 5.00. The Morgan fingerprint density at radius 2 is 1.69 bits per heavy atom. The van der Waals surface area contributed by atoms with Crippen LogP contribution in [0.3, 0.4) is 0 Å². The summed E-state index contributed by atoms with van der Waals surface area (Å²) in [6.45, 7) is 6.71.